The Morgan fingerprint density at radius 1 is 0.926 bits per heavy atom. The summed E-state index contributed by atoms with van der Waals surface area (Å²) in [4.78, 5) is 0.246. The van der Waals surface area contributed by atoms with E-state index in [-0.39, 0.29) is 4.90 Å². The molecule has 1 N–H and O–H groups in total. The van der Waals surface area contributed by atoms with Crippen LogP contribution < -0.4 is 4.72 Å². The fourth-order valence-corrected chi connectivity index (χ4v) is 4.44. The molecular weight excluding hydrogens is 378 g/mol. The third-order valence-corrected chi connectivity index (χ3v) is 6.82. The maximum Gasteiger partial charge on any atom is 0.261 e. The van der Waals surface area contributed by atoms with Crippen LogP contribution in [0.25, 0.3) is 10.6 Å². The van der Waals surface area contributed by atoms with Crippen molar-refractivity contribution in [3.05, 3.63) is 59.1 Å². The third kappa shape index (κ3) is 4.54. The van der Waals surface area contributed by atoms with Crippen molar-refractivity contribution in [1.82, 2.24) is 10.2 Å². The molecule has 0 bridgehead atoms. The van der Waals surface area contributed by atoms with Crippen LogP contribution in [0.3, 0.4) is 0 Å². The lowest BCUT2D eigenvalue weighted by atomic mass is 10.0. The molecule has 27 heavy (non-hydrogen) atoms. The van der Waals surface area contributed by atoms with Gasteiger partial charge in [-0.15, -0.1) is 10.2 Å². The highest BCUT2D eigenvalue weighted by Crippen LogP contribution is 2.29. The average molecular weight is 402 g/mol. The molecule has 0 fully saturated rings. The number of aromatic nitrogens is 2. The molecule has 0 amide bonds. The van der Waals surface area contributed by atoms with Gasteiger partial charge in [0.2, 0.25) is 0 Å². The van der Waals surface area contributed by atoms with Gasteiger partial charge in [0.15, 0.2) is 0 Å². The third-order valence-electron chi connectivity index (χ3n) is 4.15. The Morgan fingerprint density at radius 3 is 2.22 bits per heavy atom. The van der Waals surface area contributed by atoms with Gasteiger partial charge in [-0.2, -0.15) is 0 Å². The maximum absolute atomic E-state index is 12.7. The molecule has 0 radical (unpaired) electrons. The number of hydrogen-bond acceptors (Lipinski definition) is 5. The lowest BCUT2D eigenvalue weighted by Gasteiger charge is -2.10. The van der Waals surface area contributed by atoms with Crippen LogP contribution >= 0.6 is 11.3 Å². The molecule has 5 nitrogen and oxygen atoms in total. The number of hydrogen-bond donors (Lipinski definition) is 1. The van der Waals surface area contributed by atoms with Crippen molar-refractivity contribution in [3.8, 4) is 10.6 Å². The number of benzene rings is 2. The monoisotopic (exact) mass is 401 g/mol. The van der Waals surface area contributed by atoms with Gasteiger partial charge >= 0.3 is 0 Å². The lowest BCUT2D eigenvalue weighted by molar-refractivity contribution is 0.601. The molecule has 0 spiro atoms. The van der Waals surface area contributed by atoms with E-state index in [0.29, 0.717) is 17.5 Å². The van der Waals surface area contributed by atoms with Gasteiger partial charge in [0, 0.05) is 17.2 Å². The molecule has 0 aliphatic heterocycles. The minimum Gasteiger partial charge on any atom is -0.280 e. The van der Waals surface area contributed by atoms with Gasteiger partial charge in [-0.3, -0.25) is 4.72 Å². The molecule has 0 aliphatic carbocycles. The molecule has 0 saturated heterocycles. The minimum absolute atomic E-state index is 0.246. The van der Waals surface area contributed by atoms with Crippen molar-refractivity contribution in [3.63, 3.8) is 0 Å². The normalized spacial score (nSPS) is 11.9. The summed E-state index contributed by atoms with van der Waals surface area (Å²) in [5.74, 6) is 0.667. The topological polar surface area (TPSA) is 72.0 Å². The summed E-state index contributed by atoms with van der Waals surface area (Å²) in [7, 11) is -3.65. The van der Waals surface area contributed by atoms with Gasteiger partial charge in [0.05, 0.1) is 4.90 Å². The van der Waals surface area contributed by atoms with Gasteiger partial charge < -0.3 is 0 Å². The van der Waals surface area contributed by atoms with E-state index in [2.05, 4.69) is 42.6 Å². The number of sulfonamides is 1. The summed E-state index contributed by atoms with van der Waals surface area (Å²) in [5.41, 5.74) is 2.45. The molecule has 3 aromatic rings. The van der Waals surface area contributed by atoms with Crippen molar-refractivity contribution in [1.29, 1.82) is 0 Å². The van der Waals surface area contributed by atoms with Crippen LogP contribution in [0.2, 0.25) is 0 Å². The van der Waals surface area contributed by atoms with Crippen molar-refractivity contribution >= 4 is 27.0 Å². The highest BCUT2D eigenvalue weighted by Gasteiger charge is 2.16. The van der Waals surface area contributed by atoms with Crippen LogP contribution in [0.15, 0.2) is 53.4 Å². The smallest absolute Gasteiger partial charge is 0.261 e. The molecule has 1 heterocycles. The van der Waals surface area contributed by atoms with Crippen LogP contribution in [0, 0.1) is 0 Å². The Hall–Kier alpha value is -2.25. The van der Waals surface area contributed by atoms with Crippen molar-refractivity contribution in [2.45, 2.75) is 44.4 Å². The van der Waals surface area contributed by atoms with E-state index in [1.54, 1.807) is 24.3 Å². The van der Waals surface area contributed by atoms with Crippen molar-refractivity contribution in [2.75, 3.05) is 4.72 Å². The molecule has 0 atom stereocenters. The second kappa shape index (κ2) is 7.78. The second-order valence-electron chi connectivity index (χ2n) is 7.01. The number of anilines is 1. The zero-order valence-electron chi connectivity index (χ0n) is 15.8. The first kappa shape index (κ1) is 19.5. The quantitative estimate of drug-likeness (QED) is 0.612. The van der Waals surface area contributed by atoms with E-state index in [0.717, 1.165) is 21.1 Å². The van der Waals surface area contributed by atoms with Crippen LogP contribution in [-0.2, 0) is 10.0 Å². The van der Waals surface area contributed by atoms with Gasteiger partial charge in [0.25, 0.3) is 10.0 Å². The van der Waals surface area contributed by atoms with Crippen LogP contribution in [0.4, 0.5) is 5.69 Å². The predicted molar refractivity (Wildman–Crippen MR) is 111 cm³/mol. The number of nitrogens with zero attached hydrogens (tertiary/aromatic N) is 2. The Labute approximate surface area is 164 Å². The molecule has 0 saturated carbocycles. The van der Waals surface area contributed by atoms with E-state index in [1.165, 1.54) is 11.3 Å². The molecular formula is C20H23N3O2S2. The van der Waals surface area contributed by atoms with Crippen LogP contribution in [0.5, 0.6) is 0 Å². The Bertz CT molecular complexity index is 1020. The molecule has 142 valence electrons. The fraction of sp³-hybridized carbons (Fsp3) is 0.300. The van der Waals surface area contributed by atoms with Gasteiger partial charge in [-0.1, -0.05) is 63.3 Å². The van der Waals surface area contributed by atoms with E-state index in [4.69, 9.17) is 0 Å². The SMILES string of the molecule is CC(C)c1ccc(S(=O)(=O)Nc2cccc(-c3nnc(C(C)C)s3)c2)cc1. The van der Waals surface area contributed by atoms with E-state index in [9.17, 15) is 8.42 Å². The van der Waals surface area contributed by atoms with Crippen molar-refractivity contribution in [2.24, 2.45) is 0 Å². The van der Waals surface area contributed by atoms with Crippen LogP contribution in [-0.4, -0.2) is 18.6 Å². The van der Waals surface area contributed by atoms with E-state index >= 15 is 0 Å². The first-order valence-corrected chi connectivity index (χ1v) is 11.1. The highest BCUT2D eigenvalue weighted by atomic mass is 32.2. The first-order chi connectivity index (χ1) is 12.8. The second-order valence-corrected chi connectivity index (χ2v) is 9.70. The lowest BCUT2D eigenvalue weighted by Crippen LogP contribution is -2.13. The van der Waals surface area contributed by atoms with Crippen molar-refractivity contribution < 1.29 is 8.42 Å². The summed E-state index contributed by atoms with van der Waals surface area (Å²) in [6.45, 7) is 8.29. The minimum atomic E-state index is -3.65. The average Bonchev–Trinajstić information content (AvgIpc) is 3.12. The maximum atomic E-state index is 12.7. The number of rotatable bonds is 6. The first-order valence-electron chi connectivity index (χ1n) is 8.83. The summed E-state index contributed by atoms with van der Waals surface area (Å²) in [5, 5.41) is 10.2. The largest absolute Gasteiger partial charge is 0.280 e. The highest BCUT2D eigenvalue weighted by molar-refractivity contribution is 7.92. The zero-order chi connectivity index (χ0) is 19.6. The Morgan fingerprint density at radius 2 is 1.63 bits per heavy atom. The Kier molecular flexibility index (Phi) is 5.62. The summed E-state index contributed by atoms with van der Waals surface area (Å²) < 4.78 is 28.0. The Balaban J connectivity index is 1.84. The summed E-state index contributed by atoms with van der Waals surface area (Å²) in [6.07, 6.45) is 0. The molecule has 3 rings (SSSR count). The molecule has 0 aliphatic rings. The predicted octanol–water partition coefficient (Wildman–Crippen LogP) is 5.25. The molecule has 2 aromatic carbocycles. The summed E-state index contributed by atoms with van der Waals surface area (Å²) >= 11 is 1.52. The van der Waals surface area contributed by atoms with E-state index in [1.807, 2.05) is 24.3 Å². The summed E-state index contributed by atoms with van der Waals surface area (Å²) in [6, 6.07) is 14.2. The fourth-order valence-electron chi connectivity index (χ4n) is 2.55. The molecule has 7 heteroatoms. The molecule has 0 unspecified atom stereocenters. The van der Waals surface area contributed by atoms with Gasteiger partial charge in [-0.05, 0) is 35.7 Å². The van der Waals surface area contributed by atoms with Gasteiger partial charge in [-0.25, -0.2) is 8.42 Å². The number of nitrogens with one attached hydrogen (secondary N) is 1. The zero-order valence-corrected chi connectivity index (χ0v) is 17.4. The van der Waals surface area contributed by atoms with Gasteiger partial charge in [0.1, 0.15) is 10.0 Å². The van der Waals surface area contributed by atoms with E-state index < -0.39 is 10.0 Å². The molecule has 1 aromatic heterocycles. The van der Waals surface area contributed by atoms with Crippen LogP contribution in [0.1, 0.15) is 50.1 Å². The standard InChI is InChI=1S/C20H23N3O2S2/c1-13(2)15-8-10-18(11-9-15)27(24,25)23-17-7-5-6-16(12-17)20-22-21-19(26-20)14(3)4/h5-14,23H,1-4H3.